The minimum atomic E-state index is -4.67. The second-order valence-corrected chi connectivity index (χ2v) is 5.44. The number of alkyl halides is 3. The number of amides is 1. The minimum absolute atomic E-state index is 0.426. The summed E-state index contributed by atoms with van der Waals surface area (Å²) in [5.41, 5.74) is 4.05. The molecule has 0 bridgehead atoms. The number of aliphatic hydroxyl groups excluding tert-OH is 2. The Kier molecular flexibility index (Phi) is 5.31. The van der Waals surface area contributed by atoms with Crippen LogP contribution in [0, 0.1) is 5.92 Å². The topological polar surface area (TPSA) is 115 Å². The molecule has 0 aromatic carbocycles. The van der Waals surface area contributed by atoms with Gasteiger partial charge < -0.3 is 25.4 Å². The number of nitrogens with two attached hydrogens (primary N) is 1. The molecule has 1 saturated heterocycles. The molecule has 5 atom stereocenters. The number of ether oxygens (including phenoxy) is 2. The van der Waals surface area contributed by atoms with Crippen molar-refractivity contribution < 1.29 is 37.7 Å². The van der Waals surface area contributed by atoms with Gasteiger partial charge in [-0.05, 0) is 13.0 Å². The predicted molar refractivity (Wildman–Crippen MR) is 73.8 cm³/mol. The molecule has 10 heteroatoms. The monoisotopic (exact) mass is 350 g/mol. The van der Waals surface area contributed by atoms with Crippen molar-refractivity contribution in [2.24, 2.45) is 11.7 Å². The van der Waals surface area contributed by atoms with E-state index in [2.05, 4.69) is 4.98 Å². The van der Waals surface area contributed by atoms with Crippen LogP contribution in [0.5, 0.6) is 5.88 Å². The van der Waals surface area contributed by atoms with Crippen LogP contribution in [0.2, 0.25) is 0 Å². The summed E-state index contributed by atoms with van der Waals surface area (Å²) in [6, 6.07) is 3.00. The first-order valence-corrected chi connectivity index (χ1v) is 7.09. The molecule has 134 valence electrons. The van der Waals surface area contributed by atoms with E-state index in [9.17, 15) is 28.2 Å². The van der Waals surface area contributed by atoms with Crippen LogP contribution in [0.3, 0.4) is 0 Å². The van der Waals surface area contributed by atoms with Crippen LogP contribution in [0.15, 0.2) is 18.2 Å². The maximum atomic E-state index is 12.7. The highest BCUT2D eigenvalue weighted by atomic mass is 19.4. The lowest BCUT2D eigenvalue weighted by Gasteiger charge is -2.41. The molecular formula is C14H17F3N2O5. The lowest BCUT2D eigenvalue weighted by atomic mass is 9.86. The van der Waals surface area contributed by atoms with Gasteiger partial charge in [0.2, 0.25) is 11.8 Å². The average molecular weight is 350 g/mol. The van der Waals surface area contributed by atoms with Crippen molar-refractivity contribution in [3.8, 4) is 5.88 Å². The van der Waals surface area contributed by atoms with Gasteiger partial charge >= 0.3 is 6.18 Å². The Hall–Kier alpha value is -1.91. The Morgan fingerprint density at radius 1 is 1.46 bits per heavy atom. The summed E-state index contributed by atoms with van der Waals surface area (Å²) in [5.74, 6) is -2.34. The maximum Gasteiger partial charge on any atom is 0.433 e. The number of rotatable bonds is 4. The summed E-state index contributed by atoms with van der Waals surface area (Å²) in [4.78, 5) is 14.9. The van der Waals surface area contributed by atoms with Crippen LogP contribution in [0.1, 0.15) is 12.6 Å². The molecule has 4 N–H and O–H groups in total. The van der Waals surface area contributed by atoms with E-state index in [4.69, 9.17) is 15.2 Å². The Labute approximate surface area is 135 Å². The fourth-order valence-electron chi connectivity index (χ4n) is 2.52. The molecule has 0 aliphatic carbocycles. The number of primary amides is 1. The molecule has 1 aromatic rings. The quantitative estimate of drug-likeness (QED) is 0.709. The van der Waals surface area contributed by atoms with Crippen LogP contribution >= 0.6 is 0 Å². The van der Waals surface area contributed by atoms with Crippen molar-refractivity contribution in [1.82, 2.24) is 4.98 Å². The largest absolute Gasteiger partial charge is 0.470 e. The molecule has 2 rings (SSSR count). The normalized spacial score (nSPS) is 30.8. The highest BCUT2D eigenvalue weighted by molar-refractivity contribution is 5.79. The van der Waals surface area contributed by atoms with Gasteiger partial charge in [0.1, 0.15) is 11.8 Å². The number of pyridine rings is 1. The van der Waals surface area contributed by atoms with Gasteiger partial charge in [-0.1, -0.05) is 6.07 Å². The van der Waals surface area contributed by atoms with Crippen LogP contribution in [-0.2, 0) is 15.7 Å². The van der Waals surface area contributed by atoms with E-state index in [1.807, 2.05) is 0 Å². The zero-order valence-corrected chi connectivity index (χ0v) is 12.6. The van der Waals surface area contributed by atoms with E-state index in [0.717, 1.165) is 18.2 Å². The molecule has 0 saturated carbocycles. The number of halogens is 3. The van der Waals surface area contributed by atoms with Crippen molar-refractivity contribution in [2.75, 3.05) is 6.61 Å². The number of hydrogen-bond acceptors (Lipinski definition) is 6. The number of aromatic nitrogens is 1. The Morgan fingerprint density at radius 2 is 2.12 bits per heavy atom. The Bertz CT molecular complexity index is 598. The van der Waals surface area contributed by atoms with Crippen molar-refractivity contribution in [2.45, 2.75) is 37.5 Å². The first kappa shape index (κ1) is 18.4. The Morgan fingerprint density at radius 3 is 2.67 bits per heavy atom. The van der Waals surface area contributed by atoms with Crippen molar-refractivity contribution in [1.29, 1.82) is 0 Å². The predicted octanol–water partition coefficient (Wildman–Crippen LogP) is 0.0898. The number of aliphatic hydroxyl groups is 2. The lowest BCUT2D eigenvalue weighted by Crippen LogP contribution is -2.60. The van der Waals surface area contributed by atoms with Crippen LogP contribution in [-0.4, -0.2) is 52.1 Å². The van der Waals surface area contributed by atoms with Gasteiger partial charge in [0.15, 0.2) is 6.10 Å². The first-order valence-electron chi connectivity index (χ1n) is 7.09. The van der Waals surface area contributed by atoms with E-state index in [-0.39, 0.29) is 0 Å². The van der Waals surface area contributed by atoms with Gasteiger partial charge in [0, 0.05) is 6.07 Å². The third kappa shape index (κ3) is 3.77. The highest BCUT2D eigenvalue weighted by Crippen LogP contribution is 2.32. The molecule has 1 fully saturated rings. The summed E-state index contributed by atoms with van der Waals surface area (Å²) in [5, 5.41) is 19.5. The highest BCUT2D eigenvalue weighted by Gasteiger charge is 2.47. The zero-order valence-electron chi connectivity index (χ0n) is 12.6. The summed E-state index contributed by atoms with van der Waals surface area (Å²) >= 11 is 0. The van der Waals surface area contributed by atoms with Gasteiger partial charge in [0.25, 0.3) is 0 Å². The molecule has 1 amide bonds. The molecule has 0 unspecified atom stereocenters. The summed E-state index contributed by atoms with van der Waals surface area (Å²) < 4.78 is 48.7. The van der Waals surface area contributed by atoms with E-state index in [0.29, 0.717) is 0 Å². The summed E-state index contributed by atoms with van der Waals surface area (Å²) in [7, 11) is 0. The molecule has 0 radical (unpaired) electrons. The molecule has 7 nitrogen and oxygen atoms in total. The van der Waals surface area contributed by atoms with E-state index in [1.165, 1.54) is 6.92 Å². The van der Waals surface area contributed by atoms with Gasteiger partial charge in [0.05, 0.1) is 24.7 Å². The standard InChI is InChI=1S/C14H17F3N2O5/c1-6-10(21)7(5-20)11(12(23-6)13(18)22)24-9-4-2-3-8(19-9)14(15,16)17/h2-4,6-7,10-12,20-21H,5H2,1H3,(H2,18,22)/t6-,7+,10+,11-,12+/m1/s1. The smallest absolute Gasteiger partial charge is 0.433 e. The first-order chi connectivity index (χ1) is 11.1. The number of hydrogen-bond donors (Lipinski definition) is 3. The molecule has 24 heavy (non-hydrogen) atoms. The third-order valence-corrected chi connectivity index (χ3v) is 3.76. The van der Waals surface area contributed by atoms with Crippen LogP contribution < -0.4 is 10.5 Å². The lowest BCUT2D eigenvalue weighted by molar-refractivity contribution is -0.196. The van der Waals surface area contributed by atoms with Gasteiger partial charge in [-0.15, -0.1) is 0 Å². The van der Waals surface area contributed by atoms with E-state index >= 15 is 0 Å². The minimum Gasteiger partial charge on any atom is -0.470 e. The second-order valence-electron chi connectivity index (χ2n) is 5.44. The molecule has 0 spiro atoms. The fourth-order valence-corrected chi connectivity index (χ4v) is 2.52. The second kappa shape index (κ2) is 6.91. The maximum absolute atomic E-state index is 12.7. The molecular weight excluding hydrogens is 333 g/mol. The van der Waals surface area contributed by atoms with Gasteiger partial charge in [-0.2, -0.15) is 13.2 Å². The molecule has 1 aromatic heterocycles. The molecule has 1 aliphatic rings. The summed E-state index contributed by atoms with van der Waals surface area (Å²) in [6.07, 6.45) is -9.31. The molecule has 1 aliphatic heterocycles. The van der Waals surface area contributed by atoms with Gasteiger partial charge in [-0.25, -0.2) is 4.98 Å². The van der Waals surface area contributed by atoms with Crippen molar-refractivity contribution in [3.05, 3.63) is 23.9 Å². The molecule has 2 heterocycles. The Balaban J connectivity index is 2.31. The number of nitrogens with zero attached hydrogens (tertiary/aromatic N) is 1. The summed E-state index contributed by atoms with van der Waals surface area (Å²) in [6.45, 7) is 0.893. The van der Waals surface area contributed by atoms with Crippen molar-refractivity contribution in [3.63, 3.8) is 0 Å². The average Bonchev–Trinajstić information content (AvgIpc) is 2.50. The van der Waals surface area contributed by atoms with Crippen molar-refractivity contribution >= 4 is 5.91 Å². The zero-order chi connectivity index (χ0) is 18.1. The van der Waals surface area contributed by atoms with Gasteiger partial charge in [-0.3, -0.25) is 4.79 Å². The van der Waals surface area contributed by atoms with Crippen LogP contribution in [0.4, 0.5) is 13.2 Å². The van der Waals surface area contributed by atoms with E-state index in [1.54, 1.807) is 0 Å². The number of carbonyl (C=O) groups is 1. The van der Waals surface area contributed by atoms with Crippen LogP contribution in [0.25, 0.3) is 0 Å². The number of carbonyl (C=O) groups excluding carboxylic acids is 1. The third-order valence-electron chi connectivity index (χ3n) is 3.76. The fraction of sp³-hybridized carbons (Fsp3) is 0.571. The van der Waals surface area contributed by atoms with E-state index < -0.39 is 60.6 Å². The SMILES string of the molecule is C[C@H]1O[C@H](C(N)=O)[C@H](Oc2cccc(C(F)(F)F)n2)[C@@H](CO)[C@H]1O.